The highest BCUT2D eigenvalue weighted by Crippen LogP contribution is 2.52. The van der Waals surface area contributed by atoms with Gasteiger partial charge in [0.2, 0.25) is 0 Å². The fourth-order valence-corrected chi connectivity index (χ4v) is 5.32. The lowest BCUT2D eigenvalue weighted by molar-refractivity contribution is 0.0912. The number of piperidine rings is 1. The number of hydrogen-bond acceptors (Lipinski definition) is 3. The number of likely N-dealkylation sites (tertiary alicyclic amines) is 1. The Labute approximate surface area is 134 Å². The Bertz CT molecular complexity index is 556. The molecule has 0 radical (unpaired) electrons. The Balaban J connectivity index is 1.76. The van der Waals surface area contributed by atoms with Crippen molar-refractivity contribution < 1.29 is 0 Å². The minimum atomic E-state index is 0.330. The Morgan fingerprint density at radius 1 is 1.23 bits per heavy atom. The molecule has 0 spiro atoms. The van der Waals surface area contributed by atoms with E-state index >= 15 is 0 Å². The third kappa shape index (κ3) is 2.10. The highest BCUT2D eigenvalue weighted by atomic mass is 15.2. The molecule has 0 saturated carbocycles. The van der Waals surface area contributed by atoms with Gasteiger partial charge in [-0.1, -0.05) is 26.0 Å². The van der Waals surface area contributed by atoms with E-state index in [9.17, 15) is 0 Å². The van der Waals surface area contributed by atoms with Crippen molar-refractivity contribution >= 4 is 5.69 Å². The summed E-state index contributed by atoms with van der Waals surface area (Å²) < 4.78 is 0. The fourth-order valence-electron chi connectivity index (χ4n) is 5.32. The zero-order valence-corrected chi connectivity index (χ0v) is 13.9. The SMILES string of the molecule is CCCN1C[C@@H](N)CC2c3cccc4c3C(C[C@H]21)C(CC)N4. The van der Waals surface area contributed by atoms with Gasteiger partial charge >= 0.3 is 0 Å². The first-order chi connectivity index (χ1) is 10.7. The summed E-state index contributed by atoms with van der Waals surface area (Å²) in [5.74, 6) is 1.34. The molecule has 120 valence electrons. The van der Waals surface area contributed by atoms with Gasteiger partial charge in [0, 0.05) is 42.2 Å². The highest BCUT2D eigenvalue weighted by Gasteiger charge is 2.46. The quantitative estimate of drug-likeness (QED) is 0.900. The average Bonchev–Trinajstić information content (AvgIpc) is 2.88. The van der Waals surface area contributed by atoms with Crippen LogP contribution in [0.25, 0.3) is 0 Å². The number of nitrogens with one attached hydrogen (secondary N) is 1. The van der Waals surface area contributed by atoms with Crippen molar-refractivity contribution in [1.82, 2.24) is 4.90 Å². The van der Waals surface area contributed by atoms with E-state index in [0.717, 1.165) is 13.0 Å². The third-order valence-electron chi connectivity index (χ3n) is 6.14. The molecule has 3 heteroatoms. The highest BCUT2D eigenvalue weighted by molar-refractivity contribution is 5.64. The van der Waals surface area contributed by atoms with Crippen molar-refractivity contribution in [2.45, 2.75) is 69.5 Å². The summed E-state index contributed by atoms with van der Waals surface area (Å²) in [6.07, 6.45) is 4.91. The molecule has 3 unspecified atom stereocenters. The van der Waals surface area contributed by atoms with E-state index in [2.05, 4.69) is 42.3 Å². The number of hydrogen-bond donors (Lipinski definition) is 2. The number of nitrogens with zero attached hydrogens (tertiary/aromatic N) is 1. The second-order valence-electron chi connectivity index (χ2n) is 7.47. The molecule has 0 aromatic heterocycles. The van der Waals surface area contributed by atoms with Crippen LogP contribution in [0.4, 0.5) is 5.69 Å². The lowest BCUT2D eigenvalue weighted by atomic mass is 9.68. The van der Waals surface area contributed by atoms with E-state index < -0.39 is 0 Å². The molecule has 2 heterocycles. The van der Waals surface area contributed by atoms with Crippen LogP contribution in [0.1, 0.15) is 62.5 Å². The molecule has 2 aliphatic heterocycles. The summed E-state index contributed by atoms with van der Waals surface area (Å²) >= 11 is 0. The molecule has 1 aliphatic carbocycles. The van der Waals surface area contributed by atoms with Gasteiger partial charge in [0.1, 0.15) is 0 Å². The first-order valence-electron chi connectivity index (χ1n) is 9.11. The van der Waals surface area contributed by atoms with E-state index in [1.807, 2.05) is 0 Å². The Kier molecular flexibility index (Phi) is 3.66. The molecule has 3 N–H and O–H groups in total. The van der Waals surface area contributed by atoms with E-state index in [1.54, 1.807) is 11.1 Å². The first kappa shape index (κ1) is 14.5. The molecule has 0 bridgehead atoms. The van der Waals surface area contributed by atoms with Crippen LogP contribution in [0.2, 0.25) is 0 Å². The largest absolute Gasteiger partial charge is 0.381 e. The lowest BCUT2D eigenvalue weighted by Crippen LogP contribution is -2.54. The average molecular weight is 299 g/mol. The van der Waals surface area contributed by atoms with E-state index in [1.165, 1.54) is 31.5 Å². The zero-order chi connectivity index (χ0) is 15.3. The summed E-state index contributed by atoms with van der Waals surface area (Å²) in [6, 6.07) is 8.54. The Morgan fingerprint density at radius 2 is 2.09 bits per heavy atom. The molecule has 1 aromatic carbocycles. The van der Waals surface area contributed by atoms with Gasteiger partial charge in [-0.2, -0.15) is 0 Å². The number of anilines is 1. The molecule has 5 atom stereocenters. The topological polar surface area (TPSA) is 41.3 Å². The van der Waals surface area contributed by atoms with Gasteiger partial charge < -0.3 is 11.1 Å². The second-order valence-corrected chi connectivity index (χ2v) is 7.47. The number of rotatable bonds is 3. The maximum Gasteiger partial charge on any atom is 0.0381 e. The Hall–Kier alpha value is -1.06. The summed E-state index contributed by atoms with van der Waals surface area (Å²) in [5.41, 5.74) is 11.0. The van der Waals surface area contributed by atoms with Crippen molar-refractivity contribution in [2.24, 2.45) is 5.73 Å². The molecule has 3 nitrogen and oxygen atoms in total. The molecular formula is C19H29N3. The molecule has 0 amide bonds. The normalized spacial score (nSPS) is 36.6. The van der Waals surface area contributed by atoms with Crippen molar-refractivity contribution in [3.05, 3.63) is 29.3 Å². The number of fused-ring (bicyclic) bond motifs is 2. The maximum absolute atomic E-state index is 6.40. The molecule has 1 saturated heterocycles. The van der Waals surface area contributed by atoms with Crippen LogP contribution in [-0.2, 0) is 0 Å². The van der Waals surface area contributed by atoms with E-state index in [4.69, 9.17) is 5.73 Å². The standard InChI is InChI=1S/C19H29N3/c1-3-8-22-11-12(20)9-14-13-6-5-7-17-19(13)15(10-18(14)22)16(4-2)21-17/h5-7,12,14-16,18,21H,3-4,8-11,20H2,1-2H3/t12-,14?,15?,16?,18+/m0/s1. The van der Waals surface area contributed by atoms with Crippen LogP contribution in [-0.4, -0.2) is 36.1 Å². The molecule has 4 rings (SSSR count). The number of benzene rings is 1. The van der Waals surface area contributed by atoms with Gasteiger partial charge in [-0.3, -0.25) is 4.90 Å². The van der Waals surface area contributed by atoms with Crippen LogP contribution in [0.5, 0.6) is 0 Å². The van der Waals surface area contributed by atoms with Crippen molar-refractivity contribution in [3.63, 3.8) is 0 Å². The molecule has 1 aromatic rings. The monoisotopic (exact) mass is 299 g/mol. The third-order valence-corrected chi connectivity index (χ3v) is 6.14. The predicted octanol–water partition coefficient (Wildman–Crippen LogP) is 3.27. The fraction of sp³-hybridized carbons (Fsp3) is 0.684. The molecule has 1 fully saturated rings. The summed E-state index contributed by atoms with van der Waals surface area (Å²) in [4.78, 5) is 2.69. The summed E-state index contributed by atoms with van der Waals surface area (Å²) in [7, 11) is 0. The van der Waals surface area contributed by atoms with Crippen molar-refractivity contribution in [3.8, 4) is 0 Å². The van der Waals surface area contributed by atoms with E-state index in [0.29, 0.717) is 30.0 Å². The van der Waals surface area contributed by atoms with Gasteiger partial charge in [-0.15, -0.1) is 0 Å². The molecule has 22 heavy (non-hydrogen) atoms. The smallest absolute Gasteiger partial charge is 0.0381 e. The van der Waals surface area contributed by atoms with Gasteiger partial charge in [0.05, 0.1) is 0 Å². The van der Waals surface area contributed by atoms with Crippen LogP contribution >= 0.6 is 0 Å². The van der Waals surface area contributed by atoms with Gasteiger partial charge in [-0.25, -0.2) is 0 Å². The minimum absolute atomic E-state index is 0.330. The minimum Gasteiger partial charge on any atom is -0.381 e. The van der Waals surface area contributed by atoms with Crippen LogP contribution in [0.15, 0.2) is 18.2 Å². The Morgan fingerprint density at radius 3 is 2.86 bits per heavy atom. The molecule has 3 aliphatic rings. The lowest BCUT2D eigenvalue weighted by Gasteiger charge is -2.48. The van der Waals surface area contributed by atoms with Crippen LogP contribution in [0.3, 0.4) is 0 Å². The zero-order valence-electron chi connectivity index (χ0n) is 13.9. The van der Waals surface area contributed by atoms with Crippen LogP contribution in [0, 0.1) is 0 Å². The number of nitrogens with two attached hydrogens (primary N) is 1. The summed E-state index contributed by atoms with van der Waals surface area (Å²) in [5, 5.41) is 3.78. The summed E-state index contributed by atoms with van der Waals surface area (Å²) in [6.45, 7) is 6.88. The second kappa shape index (κ2) is 5.54. The maximum atomic E-state index is 6.40. The van der Waals surface area contributed by atoms with Gasteiger partial charge in [0.15, 0.2) is 0 Å². The van der Waals surface area contributed by atoms with Crippen LogP contribution < -0.4 is 11.1 Å². The van der Waals surface area contributed by atoms with Gasteiger partial charge in [0.25, 0.3) is 0 Å². The first-order valence-corrected chi connectivity index (χ1v) is 9.11. The molecular weight excluding hydrogens is 270 g/mol. The van der Waals surface area contributed by atoms with Gasteiger partial charge in [-0.05, 0) is 49.4 Å². The van der Waals surface area contributed by atoms with E-state index in [-0.39, 0.29) is 0 Å². The van der Waals surface area contributed by atoms with Crippen molar-refractivity contribution in [1.29, 1.82) is 0 Å². The van der Waals surface area contributed by atoms with Crippen molar-refractivity contribution in [2.75, 3.05) is 18.4 Å². The predicted molar refractivity (Wildman–Crippen MR) is 92.5 cm³/mol.